The van der Waals surface area contributed by atoms with Crippen LogP contribution in [0.4, 0.5) is 0 Å². The minimum absolute atomic E-state index is 0.192. The van der Waals surface area contributed by atoms with Gasteiger partial charge in [0, 0.05) is 6.08 Å². The van der Waals surface area contributed by atoms with Crippen LogP contribution in [0.15, 0.2) is 31.9 Å². The van der Waals surface area contributed by atoms with E-state index in [4.69, 9.17) is 21.1 Å². The van der Waals surface area contributed by atoms with Gasteiger partial charge in [-0.15, -0.1) is 0 Å². The van der Waals surface area contributed by atoms with E-state index in [1.807, 2.05) is 26.0 Å². The summed E-state index contributed by atoms with van der Waals surface area (Å²) in [6, 6.07) is 5.54. The van der Waals surface area contributed by atoms with Crippen LogP contribution in [0, 0.1) is 13.8 Å². The number of nitrogens with one attached hydrogen (secondary N) is 1. The molecule has 2 aromatic heterocycles. The number of furan rings is 2. The highest BCUT2D eigenvalue weighted by molar-refractivity contribution is 8.26. The van der Waals surface area contributed by atoms with Crippen LogP contribution in [-0.4, -0.2) is 10.2 Å². The van der Waals surface area contributed by atoms with Gasteiger partial charge in [-0.3, -0.25) is 4.79 Å². The topological polar surface area (TPSA) is 55.4 Å². The van der Waals surface area contributed by atoms with E-state index in [1.165, 1.54) is 11.8 Å². The van der Waals surface area contributed by atoms with E-state index in [-0.39, 0.29) is 5.91 Å². The van der Waals surface area contributed by atoms with E-state index in [9.17, 15) is 4.79 Å². The number of thiocarbonyl (C=S) groups is 1. The summed E-state index contributed by atoms with van der Waals surface area (Å²) in [5.74, 6) is 2.59. The van der Waals surface area contributed by atoms with Crippen molar-refractivity contribution >= 4 is 40.3 Å². The van der Waals surface area contributed by atoms with Crippen LogP contribution in [-0.2, 0) is 4.79 Å². The second-order valence-electron chi connectivity index (χ2n) is 4.40. The van der Waals surface area contributed by atoms with Crippen molar-refractivity contribution in [3.8, 4) is 11.5 Å². The minimum Gasteiger partial charge on any atom is -0.458 e. The normalized spacial score (nSPS) is 17.0. The molecular formula is C14H11NO3S2. The summed E-state index contributed by atoms with van der Waals surface area (Å²) in [5, 5.41) is 2.56. The van der Waals surface area contributed by atoms with Gasteiger partial charge < -0.3 is 14.2 Å². The predicted octanol–water partition coefficient (Wildman–Crippen LogP) is 3.65. The molecule has 20 heavy (non-hydrogen) atoms. The smallest absolute Gasteiger partial charge is 0.263 e. The van der Waals surface area contributed by atoms with Gasteiger partial charge in [0.2, 0.25) is 0 Å². The molecule has 0 unspecified atom stereocenters. The Morgan fingerprint density at radius 1 is 1.25 bits per heavy atom. The van der Waals surface area contributed by atoms with E-state index >= 15 is 0 Å². The molecule has 1 aliphatic heterocycles. The molecule has 1 saturated heterocycles. The maximum atomic E-state index is 11.6. The lowest BCUT2D eigenvalue weighted by Gasteiger charge is -1.91. The Morgan fingerprint density at radius 3 is 2.65 bits per heavy atom. The van der Waals surface area contributed by atoms with Gasteiger partial charge in [0.25, 0.3) is 5.91 Å². The number of hydrogen-bond donors (Lipinski definition) is 1. The Bertz CT molecular complexity index is 720. The highest BCUT2D eigenvalue weighted by Crippen LogP contribution is 2.30. The monoisotopic (exact) mass is 305 g/mol. The van der Waals surface area contributed by atoms with Gasteiger partial charge in [-0.2, -0.15) is 0 Å². The number of thioether (sulfide) groups is 1. The number of aryl methyl sites for hydroxylation is 2. The van der Waals surface area contributed by atoms with Gasteiger partial charge in [-0.25, -0.2) is 0 Å². The molecule has 102 valence electrons. The molecule has 0 bridgehead atoms. The van der Waals surface area contributed by atoms with Crippen LogP contribution in [0.5, 0.6) is 0 Å². The predicted molar refractivity (Wildman–Crippen MR) is 82.2 cm³/mol. The summed E-state index contributed by atoms with van der Waals surface area (Å²) >= 11 is 6.16. The molecule has 6 heteroatoms. The first-order valence-corrected chi connectivity index (χ1v) is 7.17. The first-order chi connectivity index (χ1) is 9.52. The second kappa shape index (κ2) is 4.96. The SMILES string of the molecule is Cc1cc(-c2ccc(C=C3SC(=S)NC3=O)o2)oc1C. The van der Waals surface area contributed by atoms with Crippen LogP contribution >= 0.6 is 24.0 Å². The molecule has 0 radical (unpaired) electrons. The van der Waals surface area contributed by atoms with Gasteiger partial charge in [-0.1, -0.05) is 24.0 Å². The second-order valence-corrected chi connectivity index (χ2v) is 6.12. The Labute approximate surface area is 125 Å². The molecule has 0 saturated carbocycles. The zero-order valence-corrected chi connectivity index (χ0v) is 12.5. The van der Waals surface area contributed by atoms with Gasteiger partial charge >= 0.3 is 0 Å². The molecule has 4 nitrogen and oxygen atoms in total. The lowest BCUT2D eigenvalue weighted by Crippen LogP contribution is -2.17. The third-order valence-corrected chi connectivity index (χ3v) is 4.11. The van der Waals surface area contributed by atoms with Crippen molar-refractivity contribution in [3.05, 3.63) is 40.2 Å². The number of amides is 1. The molecule has 0 aromatic carbocycles. The fourth-order valence-electron chi connectivity index (χ4n) is 1.81. The van der Waals surface area contributed by atoms with E-state index < -0.39 is 0 Å². The lowest BCUT2D eigenvalue weighted by atomic mass is 10.2. The highest BCUT2D eigenvalue weighted by atomic mass is 32.2. The van der Waals surface area contributed by atoms with E-state index in [0.29, 0.717) is 26.5 Å². The minimum atomic E-state index is -0.192. The Balaban J connectivity index is 1.89. The molecule has 3 heterocycles. The molecule has 0 aliphatic carbocycles. The summed E-state index contributed by atoms with van der Waals surface area (Å²) in [5.41, 5.74) is 1.08. The zero-order valence-electron chi connectivity index (χ0n) is 10.9. The standard InChI is InChI=1S/C14H11NO3S2/c1-7-5-11(17-8(7)2)10-4-3-9(18-10)6-12-13(16)15-14(19)20-12/h3-6H,1-2H3,(H,15,16,19). The first-order valence-electron chi connectivity index (χ1n) is 5.95. The first kappa shape index (κ1) is 13.2. The van der Waals surface area contributed by atoms with Crippen molar-refractivity contribution in [2.45, 2.75) is 13.8 Å². The molecule has 0 spiro atoms. The van der Waals surface area contributed by atoms with Crippen molar-refractivity contribution in [3.63, 3.8) is 0 Å². The fourth-order valence-corrected chi connectivity index (χ4v) is 2.83. The quantitative estimate of drug-likeness (QED) is 0.678. The fraction of sp³-hybridized carbons (Fsp3) is 0.143. The highest BCUT2D eigenvalue weighted by Gasteiger charge is 2.22. The third-order valence-electron chi connectivity index (χ3n) is 2.95. The van der Waals surface area contributed by atoms with Crippen LogP contribution in [0.2, 0.25) is 0 Å². The summed E-state index contributed by atoms with van der Waals surface area (Å²) in [4.78, 5) is 12.1. The Morgan fingerprint density at radius 2 is 2.05 bits per heavy atom. The molecule has 0 atom stereocenters. The van der Waals surface area contributed by atoms with Gasteiger partial charge in [0.15, 0.2) is 11.5 Å². The molecule has 1 aliphatic rings. The van der Waals surface area contributed by atoms with Crippen LogP contribution in [0.1, 0.15) is 17.1 Å². The zero-order chi connectivity index (χ0) is 14.3. The van der Waals surface area contributed by atoms with Crippen molar-refractivity contribution in [2.24, 2.45) is 0 Å². The molecule has 3 rings (SSSR count). The van der Waals surface area contributed by atoms with Crippen molar-refractivity contribution in [2.75, 3.05) is 0 Å². The number of carbonyl (C=O) groups is 1. The molecular weight excluding hydrogens is 294 g/mol. The van der Waals surface area contributed by atoms with Crippen molar-refractivity contribution < 1.29 is 13.6 Å². The summed E-state index contributed by atoms with van der Waals surface area (Å²) in [7, 11) is 0. The number of rotatable bonds is 2. The Hall–Kier alpha value is -1.79. The number of carbonyl (C=O) groups excluding carboxylic acids is 1. The van der Waals surface area contributed by atoms with E-state index in [0.717, 1.165) is 11.3 Å². The molecule has 1 N–H and O–H groups in total. The summed E-state index contributed by atoms with van der Waals surface area (Å²) in [6.45, 7) is 3.89. The average molecular weight is 305 g/mol. The number of hydrogen-bond acceptors (Lipinski definition) is 5. The van der Waals surface area contributed by atoms with Crippen LogP contribution in [0.25, 0.3) is 17.6 Å². The Kier molecular flexibility index (Phi) is 3.27. The van der Waals surface area contributed by atoms with Crippen LogP contribution < -0.4 is 5.32 Å². The summed E-state index contributed by atoms with van der Waals surface area (Å²) < 4.78 is 11.7. The van der Waals surface area contributed by atoms with Crippen LogP contribution in [0.3, 0.4) is 0 Å². The van der Waals surface area contributed by atoms with Gasteiger partial charge in [0.05, 0.1) is 4.91 Å². The third kappa shape index (κ3) is 2.44. The average Bonchev–Trinajstić information content (AvgIpc) is 3.04. The van der Waals surface area contributed by atoms with Crippen molar-refractivity contribution in [1.82, 2.24) is 5.32 Å². The molecule has 1 fully saturated rings. The largest absolute Gasteiger partial charge is 0.458 e. The van der Waals surface area contributed by atoms with E-state index in [1.54, 1.807) is 12.1 Å². The molecule has 2 aromatic rings. The van der Waals surface area contributed by atoms with Gasteiger partial charge in [-0.05, 0) is 37.6 Å². The maximum Gasteiger partial charge on any atom is 0.263 e. The molecule has 1 amide bonds. The van der Waals surface area contributed by atoms with E-state index in [2.05, 4.69) is 5.32 Å². The maximum absolute atomic E-state index is 11.6. The van der Waals surface area contributed by atoms with Gasteiger partial charge in [0.1, 0.15) is 15.8 Å². The summed E-state index contributed by atoms with van der Waals surface area (Å²) in [6.07, 6.45) is 1.67. The lowest BCUT2D eigenvalue weighted by molar-refractivity contribution is -0.115. The van der Waals surface area contributed by atoms with Crippen molar-refractivity contribution in [1.29, 1.82) is 0 Å².